The smallest absolute Gasteiger partial charge is 0.469 e. The molecule has 2 aromatic rings. The lowest BCUT2D eigenvalue weighted by atomic mass is 9.73. The molecular weight excluding hydrogens is 479 g/mol. The summed E-state index contributed by atoms with van der Waals surface area (Å²) in [7, 11) is -2.84. The van der Waals surface area contributed by atoms with E-state index < -0.39 is 33.2 Å². The van der Waals surface area contributed by atoms with Gasteiger partial charge in [0.05, 0.1) is 31.9 Å². The van der Waals surface area contributed by atoms with Crippen LogP contribution in [-0.2, 0) is 9.09 Å². The Bertz CT molecular complexity index is 1020. The third-order valence-corrected chi connectivity index (χ3v) is 6.95. The Morgan fingerprint density at radius 1 is 1.31 bits per heavy atom. The zero-order chi connectivity index (χ0) is 24.9. The number of aromatic nitrogens is 1. The summed E-state index contributed by atoms with van der Waals surface area (Å²) in [5.74, 6) is 2.01. The molecule has 11 nitrogen and oxygen atoms in total. The molecular formula is C23H35N2O9P. The molecule has 1 aromatic carbocycles. The lowest BCUT2D eigenvalue weighted by Gasteiger charge is -2.50. The number of rotatable bonds is 8. The van der Waals surface area contributed by atoms with Crippen molar-refractivity contribution in [3.8, 4) is 5.75 Å². The van der Waals surface area contributed by atoms with Gasteiger partial charge >= 0.3 is 7.82 Å². The SMILES string of the molecule is C=C[C@H]1CN2CC[C@H]1C[C@H]2[C@H](O)c1ccnc2ccc(OC)cc12.O.O=P(O)(O)OCC(O)CO. The number of phosphoric acid groups is 1. The minimum absolute atomic E-state index is 0. The van der Waals surface area contributed by atoms with Crippen molar-refractivity contribution in [2.45, 2.75) is 31.1 Å². The fourth-order valence-electron chi connectivity index (χ4n) is 4.68. The third-order valence-electron chi connectivity index (χ3n) is 6.47. The van der Waals surface area contributed by atoms with Gasteiger partial charge in [0.15, 0.2) is 0 Å². The molecule has 0 radical (unpaired) electrons. The summed E-state index contributed by atoms with van der Waals surface area (Å²) in [6.45, 7) is 4.92. The van der Waals surface area contributed by atoms with Crippen LogP contribution in [0.5, 0.6) is 5.75 Å². The highest BCUT2D eigenvalue weighted by Gasteiger charge is 2.42. The van der Waals surface area contributed by atoms with Crippen molar-refractivity contribution in [1.29, 1.82) is 0 Å². The summed E-state index contributed by atoms with van der Waals surface area (Å²) in [4.78, 5) is 23.0. The van der Waals surface area contributed by atoms with Crippen molar-refractivity contribution in [3.05, 3.63) is 48.7 Å². The number of phosphoric ester groups is 1. The highest BCUT2D eigenvalue weighted by molar-refractivity contribution is 7.46. The Morgan fingerprint density at radius 2 is 2.06 bits per heavy atom. The maximum atomic E-state index is 11.2. The number of piperidine rings is 3. The van der Waals surface area contributed by atoms with Crippen molar-refractivity contribution in [3.63, 3.8) is 0 Å². The Kier molecular flexibility index (Phi) is 10.8. The lowest BCUT2D eigenvalue weighted by Crippen LogP contribution is -2.54. The largest absolute Gasteiger partial charge is 0.497 e. The number of nitrogens with zero attached hydrogens (tertiary/aromatic N) is 2. The molecule has 4 heterocycles. The van der Waals surface area contributed by atoms with Crippen LogP contribution in [0.15, 0.2) is 43.1 Å². The van der Waals surface area contributed by atoms with Gasteiger partial charge in [0.1, 0.15) is 11.9 Å². The molecule has 1 aromatic heterocycles. The predicted molar refractivity (Wildman–Crippen MR) is 130 cm³/mol. The molecule has 3 aliphatic heterocycles. The Hall–Kier alpha value is -1.92. The second-order valence-electron chi connectivity index (χ2n) is 8.60. The number of ether oxygens (including phenoxy) is 1. The van der Waals surface area contributed by atoms with E-state index in [2.05, 4.69) is 27.1 Å². The topological polar surface area (TPSA) is 184 Å². The second kappa shape index (κ2) is 12.9. The maximum Gasteiger partial charge on any atom is 0.469 e. The van der Waals surface area contributed by atoms with Crippen LogP contribution in [0.3, 0.4) is 0 Å². The summed E-state index contributed by atoms with van der Waals surface area (Å²) in [6, 6.07) is 7.96. The standard InChI is InChI=1S/C20H24N2O2.C3H9O6P.H2O/c1-3-13-12-22-9-7-14(13)10-19(22)20(23)16-6-8-21-18-5-4-15(24-2)11-17(16)18;4-1-3(5)2-9-10(6,7)8;/h3-6,8,11,13-14,19-20,23H,1,7,9-10,12H2,2H3;3-5H,1-2H2,(H2,6,7,8);1H2/t13-,14-,19-,20+;;/m0../s1. The lowest BCUT2D eigenvalue weighted by molar-refractivity contribution is -0.0444. The van der Waals surface area contributed by atoms with E-state index in [1.165, 1.54) is 6.42 Å². The average Bonchev–Trinajstić information content (AvgIpc) is 2.86. The number of fused-ring (bicyclic) bond motifs is 4. The van der Waals surface area contributed by atoms with Gasteiger partial charge in [-0.1, -0.05) is 6.08 Å². The first-order valence-electron chi connectivity index (χ1n) is 11.1. The molecule has 3 saturated heterocycles. The van der Waals surface area contributed by atoms with E-state index in [-0.39, 0.29) is 11.5 Å². The first-order valence-corrected chi connectivity index (χ1v) is 12.7. The molecule has 0 amide bonds. The Balaban J connectivity index is 0.000000338. The van der Waals surface area contributed by atoms with Crippen molar-refractivity contribution in [2.24, 2.45) is 11.8 Å². The van der Waals surface area contributed by atoms with Gasteiger partial charge < -0.3 is 35.3 Å². The summed E-state index contributed by atoms with van der Waals surface area (Å²) in [6.07, 6.45) is 4.38. The van der Waals surface area contributed by atoms with Crippen LogP contribution >= 0.6 is 7.82 Å². The molecule has 3 aliphatic rings. The molecule has 196 valence electrons. The van der Waals surface area contributed by atoms with Gasteiger partial charge in [-0.05, 0) is 61.1 Å². The number of aliphatic hydroxyl groups excluding tert-OH is 3. The van der Waals surface area contributed by atoms with E-state index >= 15 is 0 Å². The molecule has 3 fully saturated rings. The van der Waals surface area contributed by atoms with Crippen molar-refractivity contribution >= 4 is 18.7 Å². The van der Waals surface area contributed by atoms with E-state index in [1.54, 1.807) is 13.3 Å². The highest BCUT2D eigenvalue weighted by atomic mass is 31.2. The van der Waals surface area contributed by atoms with Gasteiger partial charge in [0.2, 0.25) is 0 Å². The molecule has 5 rings (SSSR count). The number of hydrogen-bond acceptors (Lipinski definition) is 8. The molecule has 0 aliphatic carbocycles. The predicted octanol–water partition coefficient (Wildman–Crippen LogP) is 0.797. The molecule has 0 spiro atoms. The maximum absolute atomic E-state index is 11.2. The van der Waals surface area contributed by atoms with Crippen LogP contribution in [-0.4, -0.2) is 86.0 Å². The fourth-order valence-corrected chi connectivity index (χ4v) is 5.05. The summed E-state index contributed by atoms with van der Waals surface area (Å²) >= 11 is 0. The number of methoxy groups -OCH3 is 1. The summed E-state index contributed by atoms with van der Waals surface area (Å²) in [5.41, 5.74) is 1.85. The fraction of sp³-hybridized carbons (Fsp3) is 0.522. The van der Waals surface area contributed by atoms with Gasteiger partial charge in [-0.25, -0.2) is 4.57 Å². The van der Waals surface area contributed by atoms with Crippen LogP contribution in [0, 0.1) is 11.8 Å². The van der Waals surface area contributed by atoms with E-state index in [9.17, 15) is 9.67 Å². The van der Waals surface area contributed by atoms with Crippen LogP contribution in [0.25, 0.3) is 10.9 Å². The first kappa shape index (κ1) is 29.3. The quantitative estimate of drug-likeness (QED) is 0.249. The van der Waals surface area contributed by atoms with Crippen LogP contribution in [0.2, 0.25) is 0 Å². The Labute approximate surface area is 204 Å². The number of aliphatic hydroxyl groups is 3. The zero-order valence-electron chi connectivity index (χ0n) is 19.6. The molecule has 2 bridgehead atoms. The monoisotopic (exact) mass is 514 g/mol. The van der Waals surface area contributed by atoms with Gasteiger partial charge in [0.25, 0.3) is 0 Å². The van der Waals surface area contributed by atoms with Gasteiger partial charge in [-0.3, -0.25) is 14.4 Å². The number of pyridine rings is 1. The zero-order valence-corrected chi connectivity index (χ0v) is 20.5. The van der Waals surface area contributed by atoms with Crippen LogP contribution in [0.4, 0.5) is 0 Å². The van der Waals surface area contributed by atoms with Crippen molar-refractivity contribution in [2.75, 3.05) is 33.4 Å². The Morgan fingerprint density at radius 3 is 2.63 bits per heavy atom. The number of benzene rings is 1. The summed E-state index contributed by atoms with van der Waals surface area (Å²) in [5, 5.41) is 28.8. The van der Waals surface area contributed by atoms with Crippen LogP contribution in [0.1, 0.15) is 24.5 Å². The third kappa shape index (κ3) is 7.53. The minimum Gasteiger partial charge on any atom is -0.497 e. The molecule has 7 N–H and O–H groups in total. The normalized spacial score (nSPS) is 25.1. The first-order chi connectivity index (χ1) is 16.2. The van der Waals surface area contributed by atoms with Gasteiger partial charge in [-0.2, -0.15) is 0 Å². The second-order valence-corrected chi connectivity index (χ2v) is 9.84. The van der Waals surface area contributed by atoms with E-state index in [4.69, 9.17) is 24.7 Å². The molecule has 12 heteroatoms. The van der Waals surface area contributed by atoms with Gasteiger partial charge in [-0.15, -0.1) is 6.58 Å². The molecule has 35 heavy (non-hydrogen) atoms. The van der Waals surface area contributed by atoms with Crippen molar-refractivity contribution in [1.82, 2.24) is 9.88 Å². The summed E-state index contributed by atoms with van der Waals surface area (Å²) < 4.78 is 19.1. The minimum atomic E-state index is -4.50. The molecule has 0 saturated carbocycles. The number of hydrogen-bond donors (Lipinski definition) is 5. The van der Waals surface area contributed by atoms with E-state index in [1.807, 2.05) is 24.3 Å². The molecule has 2 unspecified atom stereocenters. The van der Waals surface area contributed by atoms with Gasteiger partial charge in [0, 0.05) is 24.2 Å². The van der Waals surface area contributed by atoms with E-state index in [0.29, 0.717) is 11.8 Å². The highest BCUT2D eigenvalue weighted by Crippen LogP contribution is 2.42. The van der Waals surface area contributed by atoms with E-state index in [0.717, 1.165) is 41.7 Å². The average molecular weight is 515 g/mol. The van der Waals surface area contributed by atoms with Crippen molar-refractivity contribution < 1.29 is 44.4 Å². The molecule has 6 atom stereocenters. The van der Waals surface area contributed by atoms with Crippen LogP contribution < -0.4 is 4.74 Å².